The van der Waals surface area contributed by atoms with Crippen LogP contribution < -0.4 is 15.4 Å². The lowest BCUT2D eigenvalue weighted by molar-refractivity contribution is -0.116. The van der Waals surface area contributed by atoms with E-state index in [9.17, 15) is 4.79 Å². The molecule has 6 heteroatoms. The smallest absolute Gasteiger partial charge is 0.225 e. The van der Waals surface area contributed by atoms with E-state index in [4.69, 9.17) is 4.74 Å². The highest BCUT2D eigenvalue weighted by Gasteiger charge is 2.24. The highest BCUT2D eigenvalue weighted by atomic mass is 16.5. The maximum atomic E-state index is 11.8. The lowest BCUT2D eigenvalue weighted by Gasteiger charge is -2.25. The molecule has 0 bridgehead atoms. The van der Waals surface area contributed by atoms with E-state index in [2.05, 4.69) is 20.6 Å². The molecule has 114 valence electrons. The minimum absolute atomic E-state index is 0.0446. The zero-order valence-corrected chi connectivity index (χ0v) is 12.4. The van der Waals surface area contributed by atoms with E-state index < -0.39 is 0 Å². The van der Waals surface area contributed by atoms with Gasteiger partial charge in [-0.1, -0.05) is 18.2 Å². The van der Waals surface area contributed by atoms with Gasteiger partial charge in [-0.2, -0.15) is 0 Å². The predicted octanol–water partition coefficient (Wildman–Crippen LogP) is 2.41. The first-order chi connectivity index (χ1) is 10.8. The van der Waals surface area contributed by atoms with E-state index in [1.165, 1.54) is 6.33 Å². The molecule has 1 aromatic heterocycles. The molecular weight excluding hydrogens is 280 g/mol. The summed E-state index contributed by atoms with van der Waals surface area (Å²) in [7, 11) is 0. The third kappa shape index (κ3) is 3.16. The number of aromatic nitrogens is 2. The second kappa shape index (κ2) is 6.43. The fourth-order valence-corrected chi connectivity index (χ4v) is 2.57. The molecule has 0 saturated carbocycles. The summed E-state index contributed by atoms with van der Waals surface area (Å²) in [6.45, 7) is 3.10. The number of nitrogens with zero attached hydrogens (tertiary/aromatic N) is 2. The van der Waals surface area contributed by atoms with E-state index in [0.29, 0.717) is 31.3 Å². The Hall–Kier alpha value is -2.63. The Bertz CT molecular complexity index is 675. The molecule has 1 aromatic carbocycles. The van der Waals surface area contributed by atoms with E-state index in [0.717, 1.165) is 11.3 Å². The van der Waals surface area contributed by atoms with Gasteiger partial charge < -0.3 is 15.4 Å². The van der Waals surface area contributed by atoms with Crippen LogP contribution in [0.15, 0.2) is 36.7 Å². The molecule has 22 heavy (non-hydrogen) atoms. The number of nitrogens with one attached hydrogen (secondary N) is 2. The molecule has 1 aliphatic rings. The number of fused-ring (bicyclic) bond motifs is 1. The van der Waals surface area contributed by atoms with Gasteiger partial charge in [-0.3, -0.25) is 4.79 Å². The topological polar surface area (TPSA) is 76.1 Å². The Morgan fingerprint density at radius 3 is 3.09 bits per heavy atom. The minimum atomic E-state index is 0.0446. The van der Waals surface area contributed by atoms with Crippen molar-refractivity contribution in [2.75, 3.05) is 23.8 Å². The molecule has 6 nitrogen and oxygen atoms in total. The molecule has 2 heterocycles. The van der Waals surface area contributed by atoms with Crippen LogP contribution in [0.25, 0.3) is 0 Å². The molecule has 0 spiro atoms. The summed E-state index contributed by atoms with van der Waals surface area (Å²) in [6, 6.07) is 9.65. The number of hydrogen-bond acceptors (Lipinski definition) is 5. The van der Waals surface area contributed by atoms with Crippen LogP contribution in [0.2, 0.25) is 0 Å². The molecule has 0 radical (unpaired) electrons. The van der Waals surface area contributed by atoms with Gasteiger partial charge in [-0.25, -0.2) is 9.97 Å². The van der Waals surface area contributed by atoms with Gasteiger partial charge >= 0.3 is 0 Å². The van der Waals surface area contributed by atoms with E-state index in [1.807, 2.05) is 31.2 Å². The predicted molar refractivity (Wildman–Crippen MR) is 84.1 cm³/mol. The molecule has 0 aliphatic carbocycles. The normalized spacial score (nSPS) is 16.6. The zero-order valence-electron chi connectivity index (χ0n) is 12.4. The van der Waals surface area contributed by atoms with E-state index in [-0.39, 0.29) is 11.8 Å². The molecular formula is C16H18N4O2. The number of rotatable bonds is 5. The molecule has 1 amide bonds. The van der Waals surface area contributed by atoms with Crippen LogP contribution in [-0.4, -0.2) is 29.0 Å². The molecule has 1 atom stereocenters. The first kappa shape index (κ1) is 14.3. The van der Waals surface area contributed by atoms with E-state index in [1.54, 1.807) is 6.07 Å². The van der Waals surface area contributed by atoms with Gasteiger partial charge in [0, 0.05) is 30.6 Å². The van der Waals surface area contributed by atoms with Crippen molar-refractivity contribution in [3.8, 4) is 5.88 Å². The summed E-state index contributed by atoms with van der Waals surface area (Å²) in [5.74, 6) is 1.40. The van der Waals surface area contributed by atoms with Crippen molar-refractivity contribution in [3.05, 3.63) is 42.2 Å². The monoisotopic (exact) mass is 298 g/mol. The maximum absolute atomic E-state index is 11.8. The number of amides is 1. The van der Waals surface area contributed by atoms with E-state index >= 15 is 0 Å². The summed E-state index contributed by atoms with van der Waals surface area (Å²) in [6.07, 6.45) is 1.93. The van der Waals surface area contributed by atoms with Gasteiger partial charge in [0.2, 0.25) is 11.8 Å². The fourth-order valence-electron chi connectivity index (χ4n) is 2.57. The second-order valence-corrected chi connectivity index (χ2v) is 5.09. The Morgan fingerprint density at radius 1 is 1.36 bits per heavy atom. The highest BCUT2D eigenvalue weighted by molar-refractivity contribution is 5.94. The number of hydrogen-bond donors (Lipinski definition) is 2. The lowest BCUT2D eigenvalue weighted by Crippen LogP contribution is -2.26. The van der Waals surface area contributed by atoms with Gasteiger partial charge in [0.25, 0.3) is 0 Å². The zero-order chi connectivity index (χ0) is 15.4. The molecule has 2 N–H and O–H groups in total. The summed E-state index contributed by atoms with van der Waals surface area (Å²) in [5, 5.41) is 6.17. The Labute approximate surface area is 128 Å². The molecule has 3 rings (SSSR count). The van der Waals surface area contributed by atoms with Crippen molar-refractivity contribution >= 4 is 17.4 Å². The van der Waals surface area contributed by atoms with Gasteiger partial charge in [0.1, 0.15) is 12.1 Å². The number of para-hydroxylation sites is 1. The van der Waals surface area contributed by atoms with Crippen LogP contribution >= 0.6 is 0 Å². The first-order valence-electron chi connectivity index (χ1n) is 7.33. The van der Waals surface area contributed by atoms with Gasteiger partial charge in [-0.05, 0) is 18.6 Å². The highest BCUT2D eigenvalue weighted by Crippen LogP contribution is 2.31. The quantitative estimate of drug-likeness (QED) is 0.886. The molecule has 2 aromatic rings. The van der Waals surface area contributed by atoms with Crippen molar-refractivity contribution in [2.45, 2.75) is 19.3 Å². The summed E-state index contributed by atoms with van der Waals surface area (Å²) < 4.78 is 5.36. The van der Waals surface area contributed by atoms with Gasteiger partial charge in [-0.15, -0.1) is 0 Å². The summed E-state index contributed by atoms with van der Waals surface area (Å²) in [5.41, 5.74) is 2.04. The van der Waals surface area contributed by atoms with Crippen molar-refractivity contribution < 1.29 is 9.53 Å². The lowest BCUT2D eigenvalue weighted by atomic mass is 9.90. The number of anilines is 2. The molecule has 0 saturated heterocycles. The van der Waals surface area contributed by atoms with Gasteiger partial charge in [0.15, 0.2) is 0 Å². The van der Waals surface area contributed by atoms with Crippen LogP contribution in [0, 0.1) is 0 Å². The van der Waals surface area contributed by atoms with Crippen molar-refractivity contribution in [3.63, 3.8) is 0 Å². The van der Waals surface area contributed by atoms with Crippen LogP contribution in [0.4, 0.5) is 11.5 Å². The fraction of sp³-hybridized carbons (Fsp3) is 0.312. The van der Waals surface area contributed by atoms with Crippen molar-refractivity contribution in [1.82, 2.24) is 9.97 Å². The average molecular weight is 298 g/mol. The van der Waals surface area contributed by atoms with Crippen molar-refractivity contribution in [1.29, 1.82) is 0 Å². The largest absolute Gasteiger partial charge is 0.478 e. The summed E-state index contributed by atoms with van der Waals surface area (Å²) in [4.78, 5) is 20.0. The summed E-state index contributed by atoms with van der Waals surface area (Å²) >= 11 is 0. The molecule has 0 unspecified atom stereocenters. The molecule has 1 aliphatic heterocycles. The molecule has 0 fully saturated rings. The number of ether oxygens (including phenoxy) is 1. The van der Waals surface area contributed by atoms with Gasteiger partial charge in [0.05, 0.1) is 6.61 Å². The number of carbonyl (C=O) groups is 1. The number of carbonyl (C=O) groups excluding carboxylic acids is 1. The Kier molecular flexibility index (Phi) is 4.18. The van der Waals surface area contributed by atoms with Crippen LogP contribution in [0.3, 0.4) is 0 Å². The number of benzene rings is 1. The van der Waals surface area contributed by atoms with Crippen molar-refractivity contribution in [2.24, 2.45) is 0 Å². The third-order valence-corrected chi connectivity index (χ3v) is 3.57. The Balaban J connectivity index is 1.71. The average Bonchev–Trinajstić information content (AvgIpc) is 2.53. The third-order valence-electron chi connectivity index (χ3n) is 3.57. The SMILES string of the molecule is CCOc1cc(NC[C@@H]2CC(=O)Nc3ccccc32)ncn1. The van der Waals surface area contributed by atoms with Crippen LogP contribution in [0.1, 0.15) is 24.8 Å². The minimum Gasteiger partial charge on any atom is -0.478 e. The van der Waals surface area contributed by atoms with Crippen LogP contribution in [-0.2, 0) is 4.79 Å². The standard InChI is InChI=1S/C16H18N4O2/c1-2-22-16-8-14(18-10-19-16)17-9-11-7-15(21)20-13-6-4-3-5-12(11)13/h3-6,8,10-11H,2,7,9H2,1H3,(H,20,21)(H,17,18,19)/t11-/m0/s1. The maximum Gasteiger partial charge on any atom is 0.225 e. The Morgan fingerprint density at radius 2 is 2.23 bits per heavy atom. The second-order valence-electron chi connectivity index (χ2n) is 5.09. The van der Waals surface area contributed by atoms with Crippen LogP contribution in [0.5, 0.6) is 5.88 Å². The first-order valence-corrected chi connectivity index (χ1v) is 7.33.